The quantitative estimate of drug-likeness (QED) is 0.788. The molecular weight excluding hydrogens is 354 g/mol. The molecule has 2 heterocycles. The van der Waals surface area contributed by atoms with Gasteiger partial charge in [0.15, 0.2) is 0 Å². The Balaban J connectivity index is 1.65. The largest absolute Gasteiger partial charge is 0.364 e. The number of nitrogens with two attached hydrogens (primary N) is 1. The van der Waals surface area contributed by atoms with Gasteiger partial charge < -0.3 is 16.0 Å². The van der Waals surface area contributed by atoms with E-state index in [1.807, 2.05) is 25.2 Å². The number of likely N-dealkylation sites (tertiary alicyclic amines) is 1. The van der Waals surface area contributed by atoms with Crippen LogP contribution in [0.25, 0.3) is 0 Å². The van der Waals surface area contributed by atoms with E-state index >= 15 is 0 Å². The second-order valence-corrected chi connectivity index (χ2v) is 7.86. The predicted octanol–water partition coefficient (Wildman–Crippen LogP) is 1.80. The number of rotatable bonds is 6. The topological polar surface area (TPSA) is 88.3 Å². The molecule has 1 aromatic heterocycles. The van der Waals surface area contributed by atoms with Crippen LogP contribution < -0.4 is 11.1 Å². The first-order valence-electron chi connectivity index (χ1n) is 9.28. The zero-order valence-corrected chi connectivity index (χ0v) is 15.5. The van der Waals surface area contributed by atoms with E-state index < -0.39 is 18.3 Å². The van der Waals surface area contributed by atoms with Crippen LogP contribution in [0, 0.1) is 5.41 Å². The SMILES string of the molecule is CNC1(c2ccccn2)CCC2(CC1)CC(=O)N(CCC(F)(F)C(N)=O)C2. The second-order valence-electron chi connectivity index (χ2n) is 7.86. The molecule has 8 heteroatoms. The fourth-order valence-electron chi connectivity index (χ4n) is 4.41. The van der Waals surface area contributed by atoms with Gasteiger partial charge in [-0.05, 0) is 50.3 Å². The van der Waals surface area contributed by atoms with Crippen molar-refractivity contribution in [3.63, 3.8) is 0 Å². The van der Waals surface area contributed by atoms with Gasteiger partial charge in [-0.3, -0.25) is 14.6 Å². The van der Waals surface area contributed by atoms with E-state index in [1.54, 1.807) is 6.20 Å². The molecule has 0 aromatic carbocycles. The lowest BCUT2D eigenvalue weighted by Crippen LogP contribution is -2.47. The predicted molar refractivity (Wildman–Crippen MR) is 95.8 cm³/mol. The maximum Gasteiger partial charge on any atom is 0.326 e. The summed E-state index contributed by atoms with van der Waals surface area (Å²) in [7, 11) is 1.92. The van der Waals surface area contributed by atoms with E-state index in [9.17, 15) is 18.4 Å². The minimum atomic E-state index is -3.58. The summed E-state index contributed by atoms with van der Waals surface area (Å²) >= 11 is 0. The molecule has 6 nitrogen and oxygen atoms in total. The number of hydrogen-bond acceptors (Lipinski definition) is 4. The number of primary amides is 1. The Morgan fingerprint density at radius 2 is 2.04 bits per heavy atom. The van der Waals surface area contributed by atoms with E-state index in [1.165, 1.54) is 4.90 Å². The van der Waals surface area contributed by atoms with Gasteiger partial charge in [0, 0.05) is 32.1 Å². The average Bonchev–Trinajstić information content (AvgIpc) is 2.97. The number of amides is 2. The summed E-state index contributed by atoms with van der Waals surface area (Å²) in [4.78, 5) is 29.1. The van der Waals surface area contributed by atoms with Crippen LogP contribution in [0.15, 0.2) is 24.4 Å². The zero-order chi connectivity index (χ0) is 19.7. The molecule has 148 valence electrons. The number of aromatic nitrogens is 1. The summed E-state index contributed by atoms with van der Waals surface area (Å²) in [5.74, 6) is -5.34. The van der Waals surface area contributed by atoms with Crippen LogP contribution in [-0.4, -0.2) is 47.8 Å². The van der Waals surface area contributed by atoms with E-state index in [0.29, 0.717) is 13.0 Å². The van der Waals surface area contributed by atoms with Crippen molar-refractivity contribution >= 4 is 11.8 Å². The highest BCUT2D eigenvalue weighted by atomic mass is 19.3. The van der Waals surface area contributed by atoms with Crippen LogP contribution in [0.4, 0.5) is 8.78 Å². The lowest BCUT2D eigenvalue weighted by Gasteiger charge is -2.44. The van der Waals surface area contributed by atoms with Crippen LogP contribution in [0.1, 0.15) is 44.2 Å². The third-order valence-electron chi connectivity index (χ3n) is 6.26. The number of hydrogen-bond donors (Lipinski definition) is 2. The molecule has 1 aromatic rings. The summed E-state index contributed by atoms with van der Waals surface area (Å²) in [5, 5.41) is 3.41. The Hall–Kier alpha value is -2.09. The van der Waals surface area contributed by atoms with E-state index in [2.05, 4.69) is 10.3 Å². The molecule has 0 atom stereocenters. The highest BCUT2D eigenvalue weighted by molar-refractivity contribution is 5.82. The summed E-state index contributed by atoms with van der Waals surface area (Å²) < 4.78 is 26.9. The molecule has 2 amide bonds. The lowest BCUT2D eigenvalue weighted by atomic mass is 9.66. The van der Waals surface area contributed by atoms with Crippen molar-refractivity contribution in [2.75, 3.05) is 20.1 Å². The summed E-state index contributed by atoms with van der Waals surface area (Å²) in [6, 6.07) is 5.85. The molecule has 0 radical (unpaired) electrons. The Kier molecular flexibility index (Phi) is 5.20. The fourth-order valence-corrected chi connectivity index (χ4v) is 4.41. The number of nitrogens with one attached hydrogen (secondary N) is 1. The molecular formula is C19H26F2N4O2. The Morgan fingerprint density at radius 1 is 1.33 bits per heavy atom. The van der Waals surface area contributed by atoms with Crippen LogP contribution in [-0.2, 0) is 15.1 Å². The normalized spacial score (nSPS) is 28.7. The minimum absolute atomic E-state index is 0.120. The molecule has 1 aliphatic heterocycles. The molecule has 27 heavy (non-hydrogen) atoms. The first kappa shape index (κ1) is 19.7. The highest BCUT2D eigenvalue weighted by Crippen LogP contribution is 2.50. The minimum Gasteiger partial charge on any atom is -0.364 e. The molecule has 1 aliphatic carbocycles. The summed E-state index contributed by atoms with van der Waals surface area (Å²) in [5.41, 5.74) is 5.30. The fraction of sp³-hybridized carbons (Fsp3) is 0.632. The van der Waals surface area contributed by atoms with Gasteiger partial charge >= 0.3 is 5.92 Å². The summed E-state index contributed by atoms with van der Waals surface area (Å²) in [6.07, 6.45) is 4.73. The molecule has 3 rings (SSSR count). The van der Waals surface area contributed by atoms with Crippen LogP contribution in [0.2, 0.25) is 0 Å². The van der Waals surface area contributed by atoms with E-state index in [4.69, 9.17) is 5.73 Å². The van der Waals surface area contributed by atoms with Gasteiger partial charge in [-0.25, -0.2) is 0 Å². The zero-order valence-electron chi connectivity index (χ0n) is 15.5. The molecule has 1 saturated carbocycles. The van der Waals surface area contributed by atoms with Crippen molar-refractivity contribution in [3.05, 3.63) is 30.1 Å². The van der Waals surface area contributed by atoms with Gasteiger partial charge in [-0.2, -0.15) is 8.78 Å². The monoisotopic (exact) mass is 380 g/mol. The molecule has 2 aliphatic rings. The van der Waals surface area contributed by atoms with Gasteiger partial charge in [-0.15, -0.1) is 0 Å². The average molecular weight is 380 g/mol. The molecule has 1 spiro atoms. The molecule has 0 bridgehead atoms. The Labute approximate surface area is 157 Å². The van der Waals surface area contributed by atoms with Crippen LogP contribution in [0.3, 0.4) is 0 Å². The number of alkyl halides is 2. The van der Waals surface area contributed by atoms with Gasteiger partial charge in [0.05, 0.1) is 11.2 Å². The van der Waals surface area contributed by atoms with Crippen LogP contribution in [0.5, 0.6) is 0 Å². The number of halogens is 2. The van der Waals surface area contributed by atoms with Crippen molar-refractivity contribution in [3.8, 4) is 0 Å². The number of carbonyl (C=O) groups excluding carboxylic acids is 2. The van der Waals surface area contributed by atoms with Crippen LogP contribution >= 0.6 is 0 Å². The van der Waals surface area contributed by atoms with Crippen molar-refractivity contribution < 1.29 is 18.4 Å². The number of pyridine rings is 1. The number of nitrogens with zero attached hydrogens (tertiary/aromatic N) is 2. The molecule has 2 fully saturated rings. The highest BCUT2D eigenvalue weighted by Gasteiger charge is 2.50. The third kappa shape index (κ3) is 3.81. The first-order valence-corrected chi connectivity index (χ1v) is 9.28. The third-order valence-corrected chi connectivity index (χ3v) is 6.26. The Morgan fingerprint density at radius 3 is 2.59 bits per heavy atom. The Bertz CT molecular complexity index is 703. The van der Waals surface area contributed by atoms with Gasteiger partial charge in [0.25, 0.3) is 5.91 Å². The van der Waals surface area contributed by atoms with Crippen molar-refractivity contribution in [1.82, 2.24) is 15.2 Å². The standard InChI is InChI=1S/C19H26F2N4O2/c1-23-18(14-4-2-3-10-24-14)7-5-17(6-8-18)12-15(26)25(13-17)11-9-19(20,21)16(22)27/h2-4,10,23H,5-9,11-13H2,1H3,(H2,22,27). The molecule has 0 unspecified atom stereocenters. The molecule has 3 N–H and O–H groups in total. The van der Waals surface area contributed by atoms with Gasteiger partial charge in [0.2, 0.25) is 5.91 Å². The van der Waals surface area contributed by atoms with Crippen molar-refractivity contribution in [1.29, 1.82) is 0 Å². The smallest absolute Gasteiger partial charge is 0.326 e. The summed E-state index contributed by atoms with van der Waals surface area (Å²) in [6.45, 7) is 0.316. The second kappa shape index (κ2) is 7.14. The maximum absolute atomic E-state index is 13.5. The molecule has 1 saturated heterocycles. The van der Waals surface area contributed by atoms with E-state index in [0.717, 1.165) is 31.4 Å². The maximum atomic E-state index is 13.5. The van der Waals surface area contributed by atoms with Gasteiger partial charge in [0.1, 0.15) is 0 Å². The van der Waals surface area contributed by atoms with Crippen molar-refractivity contribution in [2.24, 2.45) is 11.1 Å². The van der Waals surface area contributed by atoms with Gasteiger partial charge in [-0.1, -0.05) is 6.07 Å². The van der Waals surface area contributed by atoms with Crippen molar-refractivity contribution in [2.45, 2.75) is 50.0 Å². The first-order chi connectivity index (χ1) is 12.7. The van der Waals surface area contributed by atoms with E-state index in [-0.39, 0.29) is 23.4 Å². The lowest BCUT2D eigenvalue weighted by molar-refractivity contribution is -0.144. The number of carbonyl (C=O) groups is 2.